The van der Waals surface area contributed by atoms with Gasteiger partial charge in [-0.25, -0.2) is 14.0 Å². The third-order valence-corrected chi connectivity index (χ3v) is 7.66. The standard InChI is InChI=1S/C27H30ClN3O6S/c1-17-12-25(36-11-10-27(3,4)33)29-18(2)26(17)20-7-5-6-19(13-20)16-37-21-8-9-23(22(28)14-21)31-15-24(32)30-38(31,34)35/h5-9,12-14,33H,10-11,15-16H2,1-4H3,(H,30,32). The number of hydrogen-bond acceptors (Lipinski definition) is 7. The molecule has 1 fully saturated rings. The Hall–Kier alpha value is -3.34. The van der Waals surface area contributed by atoms with E-state index in [1.807, 2.05) is 48.9 Å². The number of aryl methyl sites for hydroxylation is 2. The summed E-state index contributed by atoms with van der Waals surface area (Å²) in [5, 5.41) is 10.0. The Morgan fingerprint density at radius 3 is 2.53 bits per heavy atom. The maximum absolute atomic E-state index is 12.1. The smallest absolute Gasteiger partial charge is 0.326 e. The fourth-order valence-electron chi connectivity index (χ4n) is 4.14. The lowest BCUT2D eigenvalue weighted by molar-refractivity contribution is -0.117. The van der Waals surface area contributed by atoms with Gasteiger partial charge in [-0.15, -0.1) is 0 Å². The minimum absolute atomic E-state index is 0.151. The fourth-order valence-corrected chi connectivity index (χ4v) is 5.63. The number of aromatic nitrogens is 1. The molecule has 3 aromatic rings. The maximum atomic E-state index is 12.1. The number of rotatable bonds is 9. The second-order valence-corrected chi connectivity index (χ2v) is 11.8. The summed E-state index contributed by atoms with van der Waals surface area (Å²) >= 11 is 6.32. The molecular weight excluding hydrogens is 530 g/mol. The molecule has 0 unspecified atom stereocenters. The summed E-state index contributed by atoms with van der Waals surface area (Å²) in [4.78, 5) is 16.1. The van der Waals surface area contributed by atoms with Gasteiger partial charge in [-0.3, -0.25) is 4.79 Å². The zero-order chi connectivity index (χ0) is 27.7. The number of carbonyl (C=O) groups is 1. The van der Waals surface area contributed by atoms with Gasteiger partial charge >= 0.3 is 10.2 Å². The fraction of sp³-hybridized carbons (Fsp3) is 0.333. The molecule has 4 rings (SSSR count). The molecule has 9 nitrogen and oxygen atoms in total. The molecule has 0 saturated carbocycles. The van der Waals surface area contributed by atoms with E-state index in [0.29, 0.717) is 24.7 Å². The van der Waals surface area contributed by atoms with E-state index in [0.717, 1.165) is 32.3 Å². The number of benzene rings is 2. The normalized spacial score (nSPS) is 14.9. The molecule has 11 heteroatoms. The first kappa shape index (κ1) is 27.7. The van der Waals surface area contributed by atoms with Crippen LogP contribution in [0, 0.1) is 13.8 Å². The predicted molar refractivity (Wildman–Crippen MR) is 146 cm³/mol. The highest BCUT2D eigenvalue weighted by Gasteiger charge is 2.35. The molecule has 0 bridgehead atoms. The quantitative estimate of drug-likeness (QED) is 0.401. The molecular formula is C27H30ClN3O6S. The average molecular weight is 560 g/mol. The van der Waals surface area contributed by atoms with Crippen LogP contribution in [0.5, 0.6) is 11.6 Å². The molecule has 0 atom stereocenters. The largest absolute Gasteiger partial charge is 0.489 e. The summed E-state index contributed by atoms with van der Waals surface area (Å²) in [6, 6.07) is 14.5. The highest BCUT2D eigenvalue weighted by Crippen LogP contribution is 2.33. The predicted octanol–water partition coefficient (Wildman–Crippen LogP) is 4.32. The minimum atomic E-state index is -3.95. The highest BCUT2D eigenvalue weighted by molar-refractivity contribution is 7.92. The average Bonchev–Trinajstić information content (AvgIpc) is 3.08. The summed E-state index contributed by atoms with van der Waals surface area (Å²) < 4.78 is 38.7. The summed E-state index contributed by atoms with van der Waals surface area (Å²) in [7, 11) is -3.95. The first-order valence-corrected chi connectivity index (χ1v) is 13.8. The van der Waals surface area contributed by atoms with Crippen molar-refractivity contribution in [2.24, 2.45) is 0 Å². The monoisotopic (exact) mass is 559 g/mol. The molecule has 0 spiro atoms. The Bertz CT molecular complexity index is 1450. The van der Waals surface area contributed by atoms with Crippen LogP contribution in [0.4, 0.5) is 5.69 Å². The number of nitrogens with one attached hydrogen (secondary N) is 1. The SMILES string of the molecule is Cc1cc(OCCC(C)(C)O)nc(C)c1-c1cccc(COc2ccc(N3CC(=O)NS3(=O)=O)c(Cl)c2)c1. The van der Waals surface area contributed by atoms with Crippen molar-refractivity contribution in [1.29, 1.82) is 0 Å². The molecule has 1 aliphatic heterocycles. The molecule has 1 aromatic heterocycles. The third kappa shape index (κ3) is 6.56. The number of amides is 1. The first-order valence-electron chi connectivity index (χ1n) is 12.0. The van der Waals surface area contributed by atoms with E-state index in [1.165, 1.54) is 12.1 Å². The lowest BCUT2D eigenvalue weighted by Crippen LogP contribution is -2.29. The number of halogens is 1. The molecule has 2 N–H and O–H groups in total. The number of anilines is 1. The van der Waals surface area contributed by atoms with Crippen molar-refractivity contribution in [3.63, 3.8) is 0 Å². The lowest BCUT2D eigenvalue weighted by Gasteiger charge is -2.18. The van der Waals surface area contributed by atoms with Crippen LogP contribution >= 0.6 is 11.6 Å². The highest BCUT2D eigenvalue weighted by atomic mass is 35.5. The molecule has 1 amide bonds. The van der Waals surface area contributed by atoms with E-state index in [2.05, 4.69) is 4.98 Å². The van der Waals surface area contributed by atoms with E-state index < -0.39 is 21.7 Å². The molecule has 2 heterocycles. The number of aliphatic hydroxyl groups is 1. The third-order valence-electron chi connectivity index (χ3n) is 5.97. The van der Waals surface area contributed by atoms with E-state index in [-0.39, 0.29) is 23.9 Å². The number of ether oxygens (including phenoxy) is 2. The van der Waals surface area contributed by atoms with Gasteiger partial charge in [-0.05, 0) is 62.6 Å². The van der Waals surface area contributed by atoms with Gasteiger partial charge in [0.1, 0.15) is 18.9 Å². The topological polar surface area (TPSA) is 118 Å². The van der Waals surface area contributed by atoms with Gasteiger partial charge in [0, 0.05) is 29.8 Å². The Morgan fingerprint density at radius 2 is 1.89 bits per heavy atom. The van der Waals surface area contributed by atoms with Gasteiger partial charge in [0.2, 0.25) is 5.88 Å². The van der Waals surface area contributed by atoms with Crippen LogP contribution in [0.2, 0.25) is 5.02 Å². The summed E-state index contributed by atoms with van der Waals surface area (Å²) in [6.07, 6.45) is 0.499. The van der Waals surface area contributed by atoms with Crippen molar-refractivity contribution in [3.05, 3.63) is 70.4 Å². The van der Waals surface area contributed by atoms with Crippen molar-refractivity contribution in [2.45, 2.75) is 46.3 Å². The van der Waals surface area contributed by atoms with Crippen molar-refractivity contribution >= 4 is 33.4 Å². The van der Waals surface area contributed by atoms with Crippen LogP contribution in [-0.4, -0.2) is 43.2 Å². The first-order chi connectivity index (χ1) is 17.8. The van der Waals surface area contributed by atoms with Gasteiger partial charge < -0.3 is 14.6 Å². The molecule has 2 aromatic carbocycles. The van der Waals surface area contributed by atoms with Crippen molar-refractivity contribution in [2.75, 3.05) is 17.5 Å². The number of hydrogen-bond donors (Lipinski definition) is 2. The van der Waals surface area contributed by atoms with Crippen LogP contribution in [0.1, 0.15) is 37.1 Å². The summed E-state index contributed by atoms with van der Waals surface area (Å²) in [6.45, 7) is 7.73. The zero-order valence-electron chi connectivity index (χ0n) is 21.6. The van der Waals surface area contributed by atoms with Gasteiger partial charge in [-0.1, -0.05) is 29.8 Å². The van der Waals surface area contributed by atoms with E-state index in [4.69, 9.17) is 21.1 Å². The van der Waals surface area contributed by atoms with Crippen molar-refractivity contribution in [3.8, 4) is 22.8 Å². The van der Waals surface area contributed by atoms with E-state index >= 15 is 0 Å². The van der Waals surface area contributed by atoms with Gasteiger partial charge in [-0.2, -0.15) is 8.42 Å². The van der Waals surface area contributed by atoms with Crippen LogP contribution in [0.3, 0.4) is 0 Å². The zero-order valence-corrected chi connectivity index (χ0v) is 23.2. The molecule has 202 valence electrons. The molecule has 38 heavy (non-hydrogen) atoms. The molecule has 0 aliphatic carbocycles. The molecule has 1 saturated heterocycles. The van der Waals surface area contributed by atoms with Crippen LogP contribution in [-0.2, 0) is 21.6 Å². The number of pyridine rings is 1. The van der Waals surface area contributed by atoms with Crippen LogP contribution < -0.4 is 18.5 Å². The lowest BCUT2D eigenvalue weighted by atomic mass is 9.98. The van der Waals surface area contributed by atoms with Gasteiger partial charge in [0.05, 0.1) is 22.9 Å². The Morgan fingerprint density at radius 1 is 1.13 bits per heavy atom. The summed E-state index contributed by atoms with van der Waals surface area (Å²) in [5.74, 6) is 0.367. The Balaban J connectivity index is 1.46. The second-order valence-electron chi connectivity index (χ2n) is 9.79. The van der Waals surface area contributed by atoms with Gasteiger partial charge in [0.15, 0.2) is 0 Å². The van der Waals surface area contributed by atoms with Crippen molar-refractivity contribution < 1.29 is 27.8 Å². The van der Waals surface area contributed by atoms with Gasteiger partial charge in [0.25, 0.3) is 5.91 Å². The Labute approximate surface area is 227 Å². The summed E-state index contributed by atoms with van der Waals surface area (Å²) in [5.41, 5.74) is 4.15. The van der Waals surface area contributed by atoms with Crippen molar-refractivity contribution in [1.82, 2.24) is 9.71 Å². The van der Waals surface area contributed by atoms with E-state index in [9.17, 15) is 18.3 Å². The van der Waals surface area contributed by atoms with E-state index in [1.54, 1.807) is 19.9 Å². The maximum Gasteiger partial charge on any atom is 0.326 e. The molecule has 0 radical (unpaired) electrons. The van der Waals surface area contributed by atoms with Crippen LogP contribution in [0.15, 0.2) is 48.5 Å². The number of carbonyl (C=O) groups excluding carboxylic acids is 1. The number of nitrogens with zero attached hydrogens (tertiary/aromatic N) is 2. The van der Waals surface area contributed by atoms with Crippen LogP contribution in [0.25, 0.3) is 11.1 Å². The minimum Gasteiger partial charge on any atom is -0.489 e. The molecule has 1 aliphatic rings. The second kappa shape index (κ2) is 10.8. The Kier molecular flexibility index (Phi) is 7.87.